The molecule has 4 aliphatic rings. The number of nitro groups is 8. The molecule has 480 valence electrons. The van der Waals surface area contributed by atoms with Crippen LogP contribution in [-0.4, -0.2) is 93.0 Å². The topological polar surface area (TPSA) is 467 Å². The summed E-state index contributed by atoms with van der Waals surface area (Å²) in [5.74, 6) is -7.75. The average Bonchev–Trinajstić information content (AvgIpc) is 1.67. The number of Topliss-reactive ketones (excluding diaryl/α,β-unsaturated/α-hetero) is 1. The molecular weight excluding hydrogens is 1210 g/mol. The molecule has 0 unspecified atom stereocenters. The molecule has 0 spiro atoms. The predicted octanol–water partition coefficient (Wildman–Crippen LogP) is 11.5. The predicted molar refractivity (Wildman–Crippen MR) is 309 cm³/mol. The van der Waals surface area contributed by atoms with Gasteiger partial charge in [-0.25, -0.2) is 19.2 Å². The molecule has 0 heterocycles. The van der Waals surface area contributed by atoms with Crippen molar-refractivity contribution in [1.82, 2.24) is 0 Å². The molecule has 4 aromatic carbocycles. The van der Waals surface area contributed by atoms with E-state index in [4.69, 9.17) is 18.9 Å². The minimum atomic E-state index is -2.49. The van der Waals surface area contributed by atoms with Crippen LogP contribution >= 0.6 is 0 Å². The van der Waals surface area contributed by atoms with E-state index in [2.05, 4.69) is 0 Å². The molecule has 0 aliphatic heterocycles. The van der Waals surface area contributed by atoms with Gasteiger partial charge in [-0.15, -0.1) is 0 Å². The van der Waals surface area contributed by atoms with E-state index in [1.807, 2.05) is 34.6 Å². The SMILES string of the molecule is C[C@H](C[C@H](OC(=O)c1cc([N+](=O)[O-])cc([N+](=O)[O-])c1)[C@@H](OC(=O)c1cc([N+](=O)[O-])cc([N+](=O)[O-])c1)C(C)(C)OC(=O)c1cc([N+](=O)[O-])cc([N+](=O)[O-])c1)C1=C2C[C@H](OC(=O)c3cc([N+](=O)[O-])cc([N+](=O)[O-])c3)[C@H]3[C@@]4(C)CCC(=O)C(C)(C)[C@@H]4CC[C@]3(C)[C@@]2(C)CC1. The van der Waals surface area contributed by atoms with Gasteiger partial charge in [0.2, 0.25) is 0 Å². The highest BCUT2D eigenvalue weighted by molar-refractivity contribution is 5.94. The number of esters is 4. The second-order valence-electron chi connectivity index (χ2n) is 25.0. The standard InChI is InChI=1S/C58H58N8O25/c1-29(42-9-13-57(7)43(42)28-44(88-50(68)30-16-34(59(72)73)24-35(17-30)60(74)75)48-56(6)12-11-47(67)54(2,3)46(56)10-14-58(48,57)8)15-45(89-51(69)31-18-36(61(76)77)25-37(19-31)62(78)79)49(90-52(70)32-20-38(63(80)81)26-39(21-32)64(82)83)55(4,5)91-53(71)33-22-40(65(84)85)27-41(23-33)66(86)87/h16-27,29,44-46,48-49H,9-15,28H2,1-8H3/t29-,44+,45+,46+,48+,49-,56+,57+,58+/m1/s1. The second-order valence-corrected chi connectivity index (χ2v) is 25.0. The molecule has 91 heavy (non-hydrogen) atoms. The van der Waals surface area contributed by atoms with Crippen LogP contribution in [0.5, 0.6) is 0 Å². The number of nitrogens with zero attached hydrogens (tertiary/aromatic N) is 8. The summed E-state index contributed by atoms with van der Waals surface area (Å²) >= 11 is 0. The molecule has 0 N–H and O–H groups in total. The van der Waals surface area contributed by atoms with E-state index >= 15 is 0 Å². The van der Waals surface area contributed by atoms with E-state index in [0.29, 0.717) is 97.5 Å². The second kappa shape index (κ2) is 24.1. The number of ether oxygens (including phenoxy) is 4. The summed E-state index contributed by atoms with van der Waals surface area (Å²) in [5.41, 5.74) is -15.0. The first kappa shape index (κ1) is 66.3. The number of non-ortho nitro benzene ring substituents is 8. The zero-order chi connectivity index (χ0) is 67.5. The van der Waals surface area contributed by atoms with Crippen LogP contribution in [0.15, 0.2) is 83.9 Å². The van der Waals surface area contributed by atoms with Crippen molar-refractivity contribution in [3.8, 4) is 0 Å². The number of benzene rings is 4. The Morgan fingerprint density at radius 3 is 1.30 bits per heavy atom. The summed E-state index contributed by atoms with van der Waals surface area (Å²) in [6.45, 7) is 13.5. The number of nitro benzene ring substituents is 8. The summed E-state index contributed by atoms with van der Waals surface area (Å²) in [4.78, 5) is 160. The Labute approximate surface area is 513 Å². The molecule has 0 saturated heterocycles. The lowest BCUT2D eigenvalue weighted by Crippen LogP contribution is -2.66. The zero-order valence-corrected chi connectivity index (χ0v) is 49.8. The van der Waals surface area contributed by atoms with Crippen LogP contribution in [0.1, 0.15) is 148 Å². The lowest BCUT2D eigenvalue weighted by atomic mass is 9.36. The fourth-order valence-corrected chi connectivity index (χ4v) is 14.8. The van der Waals surface area contributed by atoms with Crippen LogP contribution < -0.4 is 0 Å². The Bertz CT molecular complexity index is 3790. The van der Waals surface area contributed by atoms with Crippen molar-refractivity contribution < 1.29 is 82.3 Å². The van der Waals surface area contributed by atoms with Crippen LogP contribution in [-0.2, 0) is 23.7 Å². The lowest BCUT2D eigenvalue weighted by Gasteiger charge is -2.69. The third-order valence-electron chi connectivity index (χ3n) is 19.2. The van der Waals surface area contributed by atoms with E-state index in [1.54, 1.807) is 6.92 Å². The minimum Gasteiger partial charge on any atom is -0.458 e. The van der Waals surface area contributed by atoms with Crippen LogP contribution in [0, 0.1) is 120 Å². The molecule has 0 aromatic heterocycles. The van der Waals surface area contributed by atoms with Crippen molar-refractivity contribution in [2.45, 2.75) is 131 Å². The quantitative estimate of drug-likeness (QED) is 0.0246. The summed E-state index contributed by atoms with van der Waals surface area (Å²) in [6.07, 6.45) is -4.08. The van der Waals surface area contributed by atoms with Gasteiger partial charge in [0.25, 0.3) is 45.5 Å². The van der Waals surface area contributed by atoms with Crippen LogP contribution in [0.2, 0.25) is 0 Å². The molecule has 4 aromatic rings. The highest BCUT2D eigenvalue weighted by Gasteiger charge is 2.70. The van der Waals surface area contributed by atoms with Crippen LogP contribution in [0.4, 0.5) is 45.5 Å². The minimum absolute atomic E-state index is 0.0240. The maximum Gasteiger partial charge on any atom is 0.339 e. The lowest BCUT2D eigenvalue weighted by molar-refractivity contribution is -0.394. The van der Waals surface area contributed by atoms with E-state index in [1.165, 1.54) is 0 Å². The van der Waals surface area contributed by atoms with Gasteiger partial charge in [0.1, 0.15) is 23.6 Å². The Morgan fingerprint density at radius 2 is 0.901 bits per heavy atom. The molecule has 4 aliphatic carbocycles. The maximum absolute atomic E-state index is 14.7. The summed E-state index contributed by atoms with van der Waals surface area (Å²) in [6, 6.07) is 7.47. The molecule has 9 atom stereocenters. The number of rotatable bonds is 21. The van der Waals surface area contributed by atoms with Crippen LogP contribution in [0.25, 0.3) is 0 Å². The smallest absolute Gasteiger partial charge is 0.339 e. The molecule has 33 nitrogen and oxygen atoms in total. The molecule has 33 heteroatoms. The van der Waals surface area contributed by atoms with E-state index in [-0.39, 0.29) is 31.0 Å². The fourth-order valence-electron chi connectivity index (χ4n) is 14.8. The van der Waals surface area contributed by atoms with Gasteiger partial charge >= 0.3 is 23.9 Å². The Morgan fingerprint density at radius 1 is 0.527 bits per heavy atom. The van der Waals surface area contributed by atoms with Gasteiger partial charge in [0, 0.05) is 72.7 Å². The van der Waals surface area contributed by atoms with E-state index in [9.17, 15) is 105 Å². The van der Waals surface area contributed by atoms with Crippen molar-refractivity contribution in [2.24, 2.45) is 39.4 Å². The molecule has 0 radical (unpaired) electrons. The van der Waals surface area contributed by atoms with E-state index < -0.39 is 195 Å². The fraction of sp³-hybridized carbons (Fsp3) is 0.466. The Hall–Kier alpha value is -10.6. The van der Waals surface area contributed by atoms with Gasteiger partial charge in [0.15, 0.2) is 6.10 Å². The highest BCUT2D eigenvalue weighted by atomic mass is 16.7. The van der Waals surface area contributed by atoms with Crippen molar-refractivity contribution in [3.05, 3.63) is 187 Å². The Kier molecular flexibility index (Phi) is 17.5. The van der Waals surface area contributed by atoms with E-state index in [0.717, 1.165) is 26.0 Å². The molecule has 0 amide bonds. The van der Waals surface area contributed by atoms with Crippen molar-refractivity contribution in [3.63, 3.8) is 0 Å². The zero-order valence-electron chi connectivity index (χ0n) is 49.8. The molecule has 8 rings (SSSR count). The average molecular weight is 1270 g/mol. The number of hydrogen-bond acceptors (Lipinski definition) is 25. The third-order valence-corrected chi connectivity index (χ3v) is 19.2. The Balaban J connectivity index is 1.31. The molecular formula is C58H58N8O25. The summed E-state index contributed by atoms with van der Waals surface area (Å²) in [7, 11) is 0. The van der Waals surface area contributed by atoms with Gasteiger partial charge < -0.3 is 18.9 Å². The first-order chi connectivity index (χ1) is 42.2. The monoisotopic (exact) mass is 1270 g/mol. The van der Waals surface area contributed by atoms with Crippen molar-refractivity contribution >= 4 is 75.2 Å². The van der Waals surface area contributed by atoms with Gasteiger partial charge in [-0.3, -0.25) is 85.7 Å². The number of carbonyl (C=O) groups excluding carboxylic acids is 5. The van der Waals surface area contributed by atoms with Gasteiger partial charge in [-0.05, 0) is 80.5 Å². The first-order valence-electron chi connectivity index (χ1n) is 28.1. The van der Waals surface area contributed by atoms with Crippen LogP contribution in [0.3, 0.4) is 0 Å². The summed E-state index contributed by atoms with van der Waals surface area (Å²) < 4.78 is 24.5. The maximum atomic E-state index is 14.7. The number of fused-ring (bicyclic) bond motifs is 5. The van der Waals surface area contributed by atoms with Gasteiger partial charge in [-0.1, -0.05) is 52.7 Å². The number of allylic oxidation sites excluding steroid dienone is 1. The normalized spacial score (nSPS) is 23.3. The highest BCUT2D eigenvalue weighted by Crippen LogP contribution is 2.75. The van der Waals surface area contributed by atoms with Crippen molar-refractivity contribution in [2.75, 3.05) is 0 Å². The third kappa shape index (κ3) is 12.4. The van der Waals surface area contributed by atoms with Gasteiger partial charge in [0.05, 0.1) is 85.9 Å². The largest absolute Gasteiger partial charge is 0.458 e. The number of hydrogen-bond donors (Lipinski definition) is 0. The molecule has 0 bridgehead atoms. The first-order valence-corrected chi connectivity index (χ1v) is 28.1. The number of ketones is 1. The van der Waals surface area contributed by atoms with Gasteiger partial charge in [-0.2, -0.15) is 0 Å². The number of carbonyl (C=O) groups is 5. The molecule has 3 fully saturated rings. The summed E-state index contributed by atoms with van der Waals surface area (Å²) in [5, 5.41) is 96.3. The van der Waals surface area contributed by atoms with Crippen molar-refractivity contribution in [1.29, 1.82) is 0 Å². The molecule has 3 saturated carbocycles.